The molecular weight excluding hydrogens is 288 g/mol. The molecule has 1 aromatic heterocycles. The Balaban J connectivity index is 2.16. The van der Waals surface area contributed by atoms with E-state index in [1.54, 1.807) is 0 Å². The number of hydrogen-bond acceptors (Lipinski definition) is 3. The third-order valence-corrected chi connectivity index (χ3v) is 4.57. The highest BCUT2D eigenvalue weighted by Gasteiger charge is 2.25. The number of fused-ring (bicyclic) bond motifs is 3. The molecule has 21 heavy (non-hydrogen) atoms. The maximum atomic E-state index is 11.7. The zero-order valence-electron chi connectivity index (χ0n) is 12.3. The van der Waals surface area contributed by atoms with Crippen LogP contribution in [0.15, 0.2) is 18.2 Å². The standard InChI is InChI=1S/C16H19ClN2O2/c1-18-11-4-6-14-13(8-16(20)21-2)12-5-3-10(17)7-15(12)19(14)9-11/h3,5,7,11,18H,4,6,8-9H2,1-2H3/t11-/m1/s1. The van der Waals surface area contributed by atoms with Crippen LogP contribution in [0.4, 0.5) is 0 Å². The summed E-state index contributed by atoms with van der Waals surface area (Å²) in [5.41, 5.74) is 3.43. The number of benzene rings is 1. The molecule has 1 atom stereocenters. The van der Waals surface area contributed by atoms with E-state index in [0.29, 0.717) is 12.5 Å². The van der Waals surface area contributed by atoms with E-state index < -0.39 is 0 Å². The second kappa shape index (κ2) is 5.70. The fraction of sp³-hybridized carbons (Fsp3) is 0.438. The van der Waals surface area contributed by atoms with Gasteiger partial charge in [-0.15, -0.1) is 0 Å². The molecule has 1 aliphatic rings. The van der Waals surface area contributed by atoms with Crippen molar-refractivity contribution in [1.82, 2.24) is 9.88 Å². The molecule has 0 unspecified atom stereocenters. The minimum absolute atomic E-state index is 0.198. The lowest BCUT2D eigenvalue weighted by Crippen LogP contribution is -2.35. The number of hydrogen-bond donors (Lipinski definition) is 1. The number of carbonyl (C=O) groups excluding carboxylic acids is 1. The van der Waals surface area contributed by atoms with Crippen molar-refractivity contribution in [2.75, 3.05) is 14.2 Å². The Hall–Kier alpha value is -1.52. The zero-order valence-corrected chi connectivity index (χ0v) is 13.0. The van der Waals surface area contributed by atoms with Crippen molar-refractivity contribution >= 4 is 28.5 Å². The van der Waals surface area contributed by atoms with Crippen LogP contribution in [0.3, 0.4) is 0 Å². The molecule has 1 aromatic carbocycles. The Kier molecular flexibility index (Phi) is 3.91. The van der Waals surface area contributed by atoms with Gasteiger partial charge in [0.2, 0.25) is 0 Å². The summed E-state index contributed by atoms with van der Waals surface area (Å²) in [6.45, 7) is 0.907. The van der Waals surface area contributed by atoms with Crippen LogP contribution < -0.4 is 5.32 Å². The van der Waals surface area contributed by atoms with Gasteiger partial charge in [-0.2, -0.15) is 0 Å². The second-order valence-corrected chi connectivity index (χ2v) is 5.91. The molecule has 2 aromatic rings. The van der Waals surface area contributed by atoms with Crippen LogP contribution in [0, 0.1) is 0 Å². The molecule has 5 heteroatoms. The minimum Gasteiger partial charge on any atom is -0.469 e. The van der Waals surface area contributed by atoms with Crippen molar-refractivity contribution in [3.8, 4) is 0 Å². The summed E-state index contributed by atoms with van der Waals surface area (Å²) in [5, 5.41) is 5.17. The van der Waals surface area contributed by atoms with Gasteiger partial charge >= 0.3 is 5.97 Å². The van der Waals surface area contributed by atoms with Crippen molar-refractivity contribution in [2.45, 2.75) is 31.8 Å². The average molecular weight is 307 g/mol. The highest BCUT2D eigenvalue weighted by Crippen LogP contribution is 2.33. The Bertz CT molecular complexity index is 693. The highest BCUT2D eigenvalue weighted by molar-refractivity contribution is 6.31. The largest absolute Gasteiger partial charge is 0.469 e. The smallest absolute Gasteiger partial charge is 0.310 e. The molecule has 2 heterocycles. The summed E-state index contributed by atoms with van der Waals surface area (Å²) in [6, 6.07) is 6.33. The average Bonchev–Trinajstić information content (AvgIpc) is 2.80. The molecule has 0 aliphatic carbocycles. The van der Waals surface area contributed by atoms with Crippen LogP contribution in [-0.4, -0.2) is 30.7 Å². The zero-order chi connectivity index (χ0) is 15.0. The number of likely N-dealkylation sites (N-methyl/N-ethyl adjacent to an activating group) is 1. The van der Waals surface area contributed by atoms with Crippen molar-refractivity contribution in [3.05, 3.63) is 34.5 Å². The van der Waals surface area contributed by atoms with Gasteiger partial charge in [-0.05, 0) is 37.6 Å². The molecule has 1 aliphatic heterocycles. The number of rotatable bonds is 3. The van der Waals surface area contributed by atoms with Crippen LogP contribution in [-0.2, 0) is 28.9 Å². The Labute approximate surface area is 129 Å². The maximum Gasteiger partial charge on any atom is 0.310 e. The molecule has 1 N–H and O–H groups in total. The van der Waals surface area contributed by atoms with E-state index in [1.165, 1.54) is 12.8 Å². The predicted molar refractivity (Wildman–Crippen MR) is 83.8 cm³/mol. The van der Waals surface area contributed by atoms with Gasteiger partial charge in [0.15, 0.2) is 0 Å². The lowest BCUT2D eigenvalue weighted by atomic mass is 10.0. The Morgan fingerprint density at radius 1 is 1.52 bits per heavy atom. The summed E-state index contributed by atoms with van der Waals surface area (Å²) < 4.78 is 7.14. The summed E-state index contributed by atoms with van der Waals surface area (Å²) in [4.78, 5) is 11.7. The number of esters is 1. The first-order chi connectivity index (χ1) is 10.1. The van der Waals surface area contributed by atoms with Gasteiger partial charge in [-0.25, -0.2) is 0 Å². The van der Waals surface area contributed by atoms with E-state index >= 15 is 0 Å². The molecule has 0 saturated carbocycles. The minimum atomic E-state index is -0.198. The quantitative estimate of drug-likeness (QED) is 0.886. The maximum absolute atomic E-state index is 11.7. The molecule has 112 valence electrons. The van der Waals surface area contributed by atoms with Crippen LogP contribution in [0.2, 0.25) is 5.02 Å². The molecule has 0 saturated heterocycles. The van der Waals surface area contributed by atoms with Crippen LogP contribution in [0.5, 0.6) is 0 Å². The molecule has 0 bridgehead atoms. The van der Waals surface area contributed by atoms with Crippen molar-refractivity contribution in [1.29, 1.82) is 0 Å². The van der Waals surface area contributed by atoms with Gasteiger partial charge in [0, 0.05) is 28.7 Å². The Morgan fingerprint density at radius 3 is 3.05 bits per heavy atom. The number of carbonyl (C=O) groups is 1. The molecule has 0 spiro atoms. The summed E-state index contributed by atoms with van der Waals surface area (Å²) in [5.74, 6) is -0.198. The van der Waals surface area contributed by atoms with Crippen LogP contribution in [0.25, 0.3) is 10.9 Å². The summed E-state index contributed by atoms with van der Waals surface area (Å²) >= 11 is 6.15. The number of aromatic nitrogens is 1. The van der Waals surface area contributed by atoms with Gasteiger partial charge in [-0.3, -0.25) is 4.79 Å². The van der Waals surface area contributed by atoms with E-state index in [2.05, 4.69) is 9.88 Å². The van der Waals surface area contributed by atoms with E-state index in [-0.39, 0.29) is 5.97 Å². The second-order valence-electron chi connectivity index (χ2n) is 5.47. The normalized spacial score (nSPS) is 17.8. The topological polar surface area (TPSA) is 43.3 Å². The van der Waals surface area contributed by atoms with Gasteiger partial charge < -0.3 is 14.6 Å². The van der Waals surface area contributed by atoms with Gasteiger partial charge in [0.25, 0.3) is 0 Å². The molecule has 0 fully saturated rings. The van der Waals surface area contributed by atoms with Crippen molar-refractivity contribution in [3.63, 3.8) is 0 Å². The molecule has 3 rings (SSSR count). The van der Waals surface area contributed by atoms with Gasteiger partial charge in [-0.1, -0.05) is 17.7 Å². The number of halogens is 1. The first kappa shape index (κ1) is 14.4. The molecule has 4 nitrogen and oxygen atoms in total. The third kappa shape index (κ3) is 2.54. The lowest BCUT2D eigenvalue weighted by molar-refractivity contribution is -0.139. The van der Waals surface area contributed by atoms with E-state index in [9.17, 15) is 4.79 Å². The van der Waals surface area contributed by atoms with Gasteiger partial charge in [0.1, 0.15) is 0 Å². The third-order valence-electron chi connectivity index (χ3n) is 4.34. The SMILES string of the molecule is CN[C@@H]1CCc2c(CC(=O)OC)c3ccc(Cl)cc3n2C1. The predicted octanol–water partition coefficient (Wildman–Crippen LogP) is 2.54. The van der Waals surface area contributed by atoms with Crippen LogP contribution in [0.1, 0.15) is 17.7 Å². The Morgan fingerprint density at radius 2 is 2.33 bits per heavy atom. The summed E-state index contributed by atoms with van der Waals surface area (Å²) in [7, 11) is 3.42. The van der Waals surface area contributed by atoms with Crippen molar-refractivity contribution in [2.24, 2.45) is 0 Å². The number of nitrogens with zero attached hydrogens (tertiary/aromatic N) is 1. The van der Waals surface area contributed by atoms with Crippen molar-refractivity contribution < 1.29 is 9.53 Å². The molecular formula is C16H19ClN2O2. The number of nitrogens with one attached hydrogen (secondary N) is 1. The molecule has 0 radical (unpaired) electrons. The number of methoxy groups -OCH3 is 1. The molecule has 0 amide bonds. The first-order valence-corrected chi connectivity index (χ1v) is 7.55. The number of ether oxygens (including phenoxy) is 1. The van der Waals surface area contributed by atoms with E-state index in [4.69, 9.17) is 16.3 Å². The highest BCUT2D eigenvalue weighted by atomic mass is 35.5. The first-order valence-electron chi connectivity index (χ1n) is 7.17. The summed E-state index contributed by atoms with van der Waals surface area (Å²) in [6.07, 6.45) is 2.36. The monoisotopic (exact) mass is 306 g/mol. The lowest BCUT2D eigenvalue weighted by Gasteiger charge is -2.25. The van der Waals surface area contributed by atoms with E-state index in [1.807, 2.05) is 25.2 Å². The fourth-order valence-electron chi connectivity index (χ4n) is 3.21. The van der Waals surface area contributed by atoms with Gasteiger partial charge in [0.05, 0.1) is 19.0 Å². The van der Waals surface area contributed by atoms with E-state index in [0.717, 1.165) is 40.9 Å². The fourth-order valence-corrected chi connectivity index (χ4v) is 3.38. The van der Waals surface area contributed by atoms with Crippen LogP contribution >= 0.6 is 11.6 Å².